The van der Waals surface area contributed by atoms with Gasteiger partial charge < -0.3 is 4.90 Å². The number of hydrogen-bond donors (Lipinski definition) is 0. The lowest BCUT2D eigenvalue weighted by molar-refractivity contribution is -0.394. The Labute approximate surface area is 130 Å². The summed E-state index contributed by atoms with van der Waals surface area (Å²) in [5, 5.41) is 25.7. The fraction of sp³-hybridized carbons (Fsp3) is 0.231. The Balaban J connectivity index is 2.32. The molecule has 2 aromatic rings. The Morgan fingerprint density at radius 1 is 1.22 bits per heavy atom. The van der Waals surface area contributed by atoms with Gasteiger partial charge in [-0.3, -0.25) is 29.7 Å². The first kappa shape index (κ1) is 16.1. The Bertz CT molecular complexity index is 753. The second-order valence-corrected chi connectivity index (χ2v) is 4.86. The third-order valence-corrected chi connectivity index (χ3v) is 3.24. The van der Waals surface area contributed by atoms with E-state index in [0.717, 1.165) is 23.9 Å². The molecule has 1 aromatic carbocycles. The van der Waals surface area contributed by atoms with Gasteiger partial charge in [0.25, 0.3) is 17.3 Å². The number of carbonyl (C=O) groups excluding carboxylic acids is 1. The van der Waals surface area contributed by atoms with Crippen molar-refractivity contribution in [3.05, 3.63) is 61.9 Å². The van der Waals surface area contributed by atoms with Crippen LogP contribution in [-0.2, 0) is 13.6 Å². The van der Waals surface area contributed by atoms with Crippen LogP contribution in [0.5, 0.6) is 0 Å². The monoisotopic (exact) mass is 319 g/mol. The van der Waals surface area contributed by atoms with Crippen molar-refractivity contribution >= 4 is 17.3 Å². The molecule has 0 unspecified atom stereocenters. The summed E-state index contributed by atoms with van der Waals surface area (Å²) >= 11 is 0. The molecule has 1 heterocycles. The lowest BCUT2D eigenvalue weighted by Gasteiger charge is -2.17. The van der Waals surface area contributed by atoms with Gasteiger partial charge in [-0.05, 0) is 6.07 Å². The first-order valence-electron chi connectivity index (χ1n) is 6.46. The normalized spacial score (nSPS) is 10.3. The van der Waals surface area contributed by atoms with E-state index in [-0.39, 0.29) is 12.1 Å². The summed E-state index contributed by atoms with van der Waals surface area (Å²) in [6, 6.07) is 4.59. The van der Waals surface area contributed by atoms with Crippen molar-refractivity contribution in [2.45, 2.75) is 6.54 Å². The molecule has 0 radical (unpaired) electrons. The average molecular weight is 319 g/mol. The van der Waals surface area contributed by atoms with Crippen LogP contribution in [0.1, 0.15) is 16.1 Å². The number of amides is 1. The first-order valence-corrected chi connectivity index (χ1v) is 6.46. The molecule has 2 rings (SSSR count). The highest BCUT2D eigenvalue weighted by Crippen LogP contribution is 2.23. The van der Waals surface area contributed by atoms with E-state index in [0.29, 0.717) is 0 Å². The summed E-state index contributed by atoms with van der Waals surface area (Å²) in [5.41, 5.74) is -0.371. The number of benzene rings is 1. The molecule has 1 aromatic heterocycles. The van der Waals surface area contributed by atoms with Gasteiger partial charge in [-0.1, -0.05) is 0 Å². The molecular formula is C13H13N5O5. The van der Waals surface area contributed by atoms with Crippen molar-refractivity contribution in [1.29, 1.82) is 0 Å². The summed E-state index contributed by atoms with van der Waals surface area (Å²) in [5.74, 6) is -0.557. The van der Waals surface area contributed by atoms with Gasteiger partial charge in [0.1, 0.15) is 0 Å². The molecule has 0 spiro atoms. The Kier molecular flexibility index (Phi) is 4.35. The van der Waals surface area contributed by atoms with Gasteiger partial charge in [-0.2, -0.15) is 5.10 Å². The number of nitro benzene ring substituents is 2. The third kappa shape index (κ3) is 3.48. The number of hydrogen-bond acceptors (Lipinski definition) is 6. The lowest BCUT2D eigenvalue weighted by Crippen LogP contribution is -2.27. The number of rotatable bonds is 5. The van der Waals surface area contributed by atoms with E-state index >= 15 is 0 Å². The van der Waals surface area contributed by atoms with Crippen LogP contribution >= 0.6 is 0 Å². The number of non-ortho nitro benzene ring substituents is 2. The summed E-state index contributed by atoms with van der Waals surface area (Å²) < 4.78 is 1.58. The highest BCUT2D eigenvalue weighted by atomic mass is 16.6. The molecule has 0 bridgehead atoms. The minimum absolute atomic E-state index is 0.115. The van der Waals surface area contributed by atoms with Crippen molar-refractivity contribution in [3.8, 4) is 0 Å². The maximum Gasteiger partial charge on any atom is 0.277 e. The van der Waals surface area contributed by atoms with E-state index in [1.165, 1.54) is 11.9 Å². The second kappa shape index (κ2) is 6.22. The van der Waals surface area contributed by atoms with Gasteiger partial charge in [0.2, 0.25) is 0 Å². The molecule has 0 fully saturated rings. The molecule has 1 amide bonds. The van der Waals surface area contributed by atoms with Gasteiger partial charge in [-0.25, -0.2) is 0 Å². The molecule has 120 valence electrons. The molecule has 23 heavy (non-hydrogen) atoms. The third-order valence-electron chi connectivity index (χ3n) is 3.24. The van der Waals surface area contributed by atoms with E-state index in [9.17, 15) is 25.0 Å². The van der Waals surface area contributed by atoms with E-state index in [1.807, 2.05) is 0 Å². The Morgan fingerprint density at radius 2 is 1.78 bits per heavy atom. The maximum absolute atomic E-state index is 12.4. The number of carbonyl (C=O) groups is 1. The SMILES string of the molecule is CN(Cc1ccnn1C)C(=O)c1cc([N+](=O)[O-])cc([N+](=O)[O-])c1. The zero-order valence-corrected chi connectivity index (χ0v) is 12.4. The van der Waals surface area contributed by atoms with Crippen LogP contribution in [0.15, 0.2) is 30.5 Å². The lowest BCUT2D eigenvalue weighted by atomic mass is 10.1. The van der Waals surface area contributed by atoms with Gasteiger partial charge in [0.05, 0.1) is 33.7 Å². The standard InChI is InChI=1S/C13H13N5O5/c1-15(8-10-3-4-14-16(10)2)13(19)9-5-11(17(20)21)7-12(6-9)18(22)23/h3-7H,8H2,1-2H3. The van der Waals surface area contributed by atoms with E-state index in [1.54, 1.807) is 24.0 Å². The molecule has 0 aliphatic rings. The molecule has 0 saturated heterocycles. The molecule has 0 saturated carbocycles. The van der Waals surface area contributed by atoms with Crippen LogP contribution in [0.2, 0.25) is 0 Å². The van der Waals surface area contributed by atoms with Gasteiger partial charge >= 0.3 is 0 Å². The molecule has 0 atom stereocenters. The van der Waals surface area contributed by atoms with Gasteiger partial charge in [-0.15, -0.1) is 0 Å². The minimum Gasteiger partial charge on any atom is -0.336 e. The average Bonchev–Trinajstić information content (AvgIpc) is 2.91. The van der Waals surface area contributed by atoms with Crippen LogP contribution < -0.4 is 0 Å². The van der Waals surface area contributed by atoms with Crippen LogP contribution in [0.3, 0.4) is 0 Å². The summed E-state index contributed by atoms with van der Waals surface area (Å²) in [4.78, 5) is 33.9. The quantitative estimate of drug-likeness (QED) is 0.607. The molecule has 0 aliphatic heterocycles. The minimum atomic E-state index is -0.773. The van der Waals surface area contributed by atoms with Crippen molar-refractivity contribution in [3.63, 3.8) is 0 Å². The fourth-order valence-corrected chi connectivity index (χ4v) is 2.02. The number of aromatic nitrogens is 2. The molecule has 0 N–H and O–H groups in total. The largest absolute Gasteiger partial charge is 0.336 e. The van der Waals surface area contributed by atoms with E-state index in [2.05, 4.69) is 5.10 Å². The summed E-state index contributed by atoms with van der Waals surface area (Å²) in [6.07, 6.45) is 1.58. The molecule has 0 aliphatic carbocycles. The van der Waals surface area contributed by atoms with Gasteiger partial charge in [0.15, 0.2) is 0 Å². The van der Waals surface area contributed by atoms with Crippen molar-refractivity contribution < 1.29 is 14.6 Å². The predicted octanol–water partition coefficient (Wildman–Crippen LogP) is 1.51. The summed E-state index contributed by atoms with van der Waals surface area (Å²) in [6.45, 7) is 0.214. The maximum atomic E-state index is 12.4. The van der Waals surface area contributed by atoms with Crippen LogP contribution in [-0.4, -0.2) is 37.5 Å². The van der Waals surface area contributed by atoms with Crippen molar-refractivity contribution in [2.75, 3.05) is 7.05 Å². The Hall–Kier alpha value is -3.30. The zero-order chi connectivity index (χ0) is 17.1. The number of nitro groups is 2. The molecule has 10 heteroatoms. The molecule has 10 nitrogen and oxygen atoms in total. The fourth-order valence-electron chi connectivity index (χ4n) is 2.02. The number of aryl methyl sites for hydroxylation is 1. The van der Waals surface area contributed by atoms with Gasteiger partial charge in [0, 0.05) is 32.4 Å². The topological polar surface area (TPSA) is 124 Å². The van der Waals surface area contributed by atoms with E-state index in [4.69, 9.17) is 0 Å². The molecular weight excluding hydrogens is 306 g/mol. The second-order valence-electron chi connectivity index (χ2n) is 4.86. The van der Waals surface area contributed by atoms with Crippen molar-refractivity contribution in [2.24, 2.45) is 7.05 Å². The number of nitrogens with zero attached hydrogens (tertiary/aromatic N) is 5. The highest BCUT2D eigenvalue weighted by molar-refractivity contribution is 5.95. The highest BCUT2D eigenvalue weighted by Gasteiger charge is 2.22. The first-order chi connectivity index (χ1) is 10.8. The Morgan fingerprint density at radius 3 is 2.22 bits per heavy atom. The predicted molar refractivity (Wildman–Crippen MR) is 78.8 cm³/mol. The summed E-state index contributed by atoms with van der Waals surface area (Å²) in [7, 11) is 3.21. The van der Waals surface area contributed by atoms with Crippen molar-refractivity contribution in [1.82, 2.24) is 14.7 Å². The van der Waals surface area contributed by atoms with Crippen LogP contribution in [0.4, 0.5) is 11.4 Å². The van der Waals surface area contributed by atoms with Crippen LogP contribution in [0, 0.1) is 20.2 Å². The van der Waals surface area contributed by atoms with E-state index < -0.39 is 27.1 Å². The smallest absolute Gasteiger partial charge is 0.277 e. The zero-order valence-electron chi connectivity index (χ0n) is 12.4. The van der Waals surface area contributed by atoms with Crippen LogP contribution in [0.25, 0.3) is 0 Å².